The molecule has 18 heavy (non-hydrogen) atoms. The summed E-state index contributed by atoms with van der Waals surface area (Å²) >= 11 is 0. The van der Waals surface area contributed by atoms with E-state index in [2.05, 4.69) is 15.0 Å². The Kier molecular flexibility index (Phi) is 2.19. The Labute approximate surface area is 100 Å². The highest BCUT2D eigenvalue weighted by molar-refractivity contribution is 5.69. The fourth-order valence-corrected chi connectivity index (χ4v) is 1.86. The van der Waals surface area contributed by atoms with Gasteiger partial charge in [-0.15, -0.1) is 0 Å². The molecule has 0 aliphatic rings. The van der Waals surface area contributed by atoms with Crippen molar-refractivity contribution >= 4 is 11.2 Å². The van der Waals surface area contributed by atoms with Crippen molar-refractivity contribution in [2.45, 2.75) is 13.5 Å². The number of aromatic amines is 2. The Morgan fingerprint density at radius 2 is 2.22 bits per heavy atom. The Morgan fingerprint density at radius 1 is 1.39 bits per heavy atom. The monoisotopic (exact) mass is 246 g/mol. The minimum absolute atomic E-state index is 0.226. The van der Waals surface area contributed by atoms with Crippen LogP contribution in [0.5, 0.6) is 0 Å². The van der Waals surface area contributed by atoms with E-state index in [1.54, 1.807) is 19.1 Å². The Hall–Kier alpha value is -2.57. The number of nitrogens with zero attached hydrogens (tertiary/aromatic N) is 2. The molecule has 0 bridgehead atoms. The van der Waals surface area contributed by atoms with Gasteiger partial charge in [-0.25, -0.2) is 9.78 Å². The normalized spacial score (nSPS) is 11.2. The fourth-order valence-electron chi connectivity index (χ4n) is 1.86. The van der Waals surface area contributed by atoms with Crippen LogP contribution in [0.3, 0.4) is 0 Å². The lowest BCUT2D eigenvalue weighted by Gasteiger charge is -2.02. The summed E-state index contributed by atoms with van der Waals surface area (Å²) in [7, 11) is 0. The van der Waals surface area contributed by atoms with Gasteiger partial charge >= 0.3 is 5.69 Å². The Morgan fingerprint density at radius 3 is 2.94 bits per heavy atom. The molecule has 0 aliphatic carbocycles. The van der Waals surface area contributed by atoms with Gasteiger partial charge in [0.2, 0.25) is 0 Å². The first kappa shape index (κ1) is 10.6. The fraction of sp³-hybridized carbons (Fsp3) is 0.182. The lowest BCUT2D eigenvalue weighted by Crippen LogP contribution is -2.30. The summed E-state index contributed by atoms with van der Waals surface area (Å²) in [5.74, 6) is 1.19. The van der Waals surface area contributed by atoms with Crippen molar-refractivity contribution in [1.29, 1.82) is 0 Å². The quantitative estimate of drug-likeness (QED) is 0.682. The van der Waals surface area contributed by atoms with Gasteiger partial charge in [-0.3, -0.25) is 14.3 Å². The number of hydrogen-bond acceptors (Lipinski definition) is 4. The van der Waals surface area contributed by atoms with Gasteiger partial charge in [0.05, 0.1) is 12.8 Å². The van der Waals surface area contributed by atoms with Crippen molar-refractivity contribution in [3.8, 4) is 0 Å². The third-order valence-electron chi connectivity index (χ3n) is 2.65. The summed E-state index contributed by atoms with van der Waals surface area (Å²) < 4.78 is 6.55. The van der Waals surface area contributed by atoms with E-state index >= 15 is 0 Å². The van der Waals surface area contributed by atoms with E-state index in [1.807, 2.05) is 0 Å². The van der Waals surface area contributed by atoms with Gasteiger partial charge in [0.15, 0.2) is 5.65 Å². The molecule has 0 aromatic carbocycles. The van der Waals surface area contributed by atoms with Crippen LogP contribution in [0, 0.1) is 6.92 Å². The molecular weight excluding hydrogens is 236 g/mol. The van der Waals surface area contributed by atoms with Crippen molar-refractivity contribution in [2.24, 2.45) is 0 Å². The molecule has 2 N–H and O–H groups in total. The van der Waals surface area contributed by atoms with Gasteiger partial charge < -0.3 is 9.40 Å². The molecular formula is C11H10N4O3. The lowest BCUT2D eigenvalue weighted by atomic mass is 10.4. The number of rotatable bonds is 2. The van der Waals surface area contributed by atoms with Crippen LogP contribution in [-0.4, -0.2) is 19.5 Å². The van der Waals surface area contributed by atoms with Crippen LogP contribution >= 0.6 is 0 Å². The average Bonchev–Trinajstić information content (AvgIpc) is 2.93. The lowest BCUT2D eigenvalue weighted by molar-refractivity contribution is 0.490. The van der Waals surface area contributed by atoms with Crippen LogP contribution in [-0.2, 0) is 6.54 Å². The first-order valence-corrected chi connectivity index (χ1v) is 5.37. The topological polar surface area (TPSA) is 96.7 Å². The van der Waals surface area contributed by atoms with Crippen molar-refractivity contribution in [3.05, 3.63) is 50.8 Å². The number of fused-ring (bicyclic) bond motifs is 1. The SMILES string of the molecule is Cc1nc2c([nH]1)c(=O)[nH]c(=O)n2Cc1ccco1. The predicted octanol–water partition coefficient (Wildman–Crippen LogP) is 0.363. The summed E-state index contributed by atoms with van der Waals surface area (Å²) in [4.78, 5) is 32.6. The molecule has 0 fully saturated rings. The van der Waals surface area contributed by atoms with Gasteiger partial charge in [-0.2, -0.15) is 0 Å². The standard InChI is InChI=1S/C11H10N4O3/c1-6-12-8-9(13-6)15(11(17)14-10(8)16)5-7-3-2-4-18-7/h2-4H,5H2,1H3,(H,12,13)(H,14,16,17). The summed E-state index contributed by atoms with van der Waals surface area (Å²) in [6.45, 7) is 1.95. The number of hydrogen-bond donors (Lipinski definition) is 2. The van der Waals surface area contributed by atoms with Crippen LogP contribution < -0.4 is 11.2 Å². The van der Waals surface area contributed by atoms with Gasteiger partial charge in [0, 0.05) is 0 Å². The smallest absolute Gasteiger partial charge is 0.330 e. The zero-order valence-corrected chi connectivity index (χ0v) is 9.56. The molecule has 7 heteroatoms. The first-order valence-electron chi connectivity index (χ1n) is 5.37. The molecule has 3 aromatic rings. The molecule has 0 radical (unpaired) electrons. The molecule has 0 aliphatic heterocycles. The second-order valence-corrected chi connectivity index (χ2v) is 3.95. The van der Waals surface area contributed by atoms with E-state index in [4.69, 9.17) is 4.42 Å². The highest BCUT2D eigenvalue weighted by Gasteiger charge is 2.12. The van der Waals surface area contributed by atoms with E-state index in [0.29, 0.717) is 22.7 Å². The van der Waals surface area contributed by atoms with E-state index in [0.717, 1.165) is 0 Å². The third kappa shape index (κ3) is 1.56. The number of furan rings is 1. The summed E-state index contributed by atoms with van der Waals surface area (Å²) in [5.41, 5.74) is -0.349. The van der Waals surface area contributed by atoms with Crippen molar-refractivity contribution in [1.82, 2.24) is 19.5 Å². The van der Waals surface area contributed by atoms with E-state index in [-0.39, 0.29) is 6.54 Å². The molecule has 0 saturated heterocycles. The van der Waals surface area contributed by atoms with Gasteiger partial charge in [-0.1, -0.05) is 0 Å². The number of H-pyrrole nitrogens is 2. The van der Waals surface area contributed by atoms with Gasteiger partial charge in [0.1, 0.15) is 17.1 Å². The van der Waals surface area contributed by atoms with E-state index in [1.165, 1.54) is 10.8 Å². The van der Waals surface area contributed by atoms with E-state index < -0.39 is 11.2 Å². The summed E-state index contributed by atoms with van der Waals surface area (Å²) in [6.07, 6.45) is 1.53. The largest absolute Gasteiger partial charge is 0.467 e. The minimum atomic E-state index is -0.504. The maximum Gasteiger partial charge on any atom is 0.330 e. The van der Waals surface area contributed by atoms with Crippen LogP contribution in [0.15, 0.2) is 32.4 Å². The number of aryl methyl sites for hydroxylation is 1. The number of imidazole rings is 1. The number of nitrogens with one attached hydrogen (secondary N) is 2. The van der Waals surface area contributed by atoms with E-state index in [9.17, 15) is 9.59 Å². The maximum absolute atomic E-state index is 11.8. The Bertz CT molecular complexity index is 807. The molecule has 0 spiro atoms. The molecule has 3 rings (SSSR count). The molecule has 0 atom stereocenters. The van der Waals surface area contributed by atoms with Crippen molar-refractivity contribution in [2.75, 3.05) is 0 Å². The third-order valence-corrected chi connectivity index (χ3v) is 2.65. The van der Waals surface area contributed by atoms with Crippen LogP contribution in [0.1, 0.15) is 11.6 Å². The zero-order chi connectivity index (χ0) is 12.7. The van der Waals surface area contributed by atoms with Crippen LogP contribution in [0.2, 0.25) is 0 Å². The summed E-state index contributed by atoms with van der Waals surface area (Å²) in [6, 6.07) is 3.49. The van der Waals surface area contributed by atoms with Crippen LogP contribution in [0.4, 0.5) is 0 Å². The van der Waals surface area contributed by atoms with Crippen molar-refractivity contribution < 1.29 is 4.42 Å². The molecule has 0 unspecified atom stereocenters. The molecule has 7 nitrogen and oxygen atoms in total. The van der Waals surface area contributed by atoms with Crippen LogP contribution in [0.25, 0.3) is 11.2 Å². The molecule has 0 amide bonds. The number of aromatic nitrogens is 4. The highest BCUT2D eigenvalue weighted by atomic mass is 16.3. The highest BCUT2D eigenvalue weighted by Crippen LogP contribution is 2.07. The maximum atomic E-state index is 11.8. The molecule has 3 aromatic heterocycles. The second-order valence-electron chi connectivity index (χ2n) is 3.95. The molecule has 0 saturated carbocycles. The zero-order valence-electron chi connectivity index (χ0n) is 9.56. The molecule has 92 valence electrons. The molecule has 3 heterocycles. The predicted molar refractivity (Wildman–Crippen MR) is 63.5 cm³/mol. The van der Waals surface area contributed by atoms with Gasteiger partial charge in [0.25, 0.3) is 5.56 Å². The summed E-state index contributed by atoms with van der Waals surface area (Å²) in [5, 5.41) is 0. The minimum Gasteiger partial charge on any atom is -0.467 e. The van der Waals surface area contributed by atoms with Crippen molar-refractivity contribution in [3.63, 3.8) is 0 Å². The average molecular weight is 246 g/mol. The first-order chi connectivity index (χ1) is 8.65. The van der Waals surface area contributed by atoms with Gasteiger partial charge in [-0.05, 0) is 19.1 Å². The second kappa shape index (κ2) is 3.73. The Balaban J connectivity index is 2.27.